The van der Waals surface area contributed by atoms with Gasteiger partial charge in [0, 0.05) is 19.8 Å². The molecule has 0 saturated heterocycles. The largest absolute Gasteiger partial charge is 0.493 e. The molecule has 0 amide bonds. The monoisotopic (exact) mass is 303 g/mol. The molecule has 0 atom stereocenters. The van der Waals surface area contributed by atoms with Gasteiger partial charge in [0.25, 0.3) is 0 Å². The Kier molecular flexibility index (Phi) is 11.3. The summed E-state index contributed by atoms with van der Waals surface area (Å²) in [5.41, 5.74) is 1.19. The Hall–Kier alpha value is -0.970. The molecule has 0 aromatic heterocycles. The van der Waals surface area contributed by atoms with Gasteiger partial charge in [0.1, 0.15) is 0 Å². The standard InChI is InChI=1S/C15H25NO3.ClH/c1-4-18-10-6-9-16-12-13-7-8-14(19-5-2)15(11-13)17-3;/h7-8,11,16H,4-6,9-10,12H2,1-3H3;1H. The lowest BCUT2D eigenvalue weighted by atomic mass is 10.2. The third kappa shape index (κ3) is 6.98. The van der Waals surface area contributed by atoms with E-state index in [1.54, 1.807) is 7.11 Å². The van der Waals surface area contributed by atoms with Gasteiger partial charge in [-0.15, -0.1) is 12.4 Å². The van der Waals surface area contributed by atoms with Crippen LogP contribution in [0.5, 0.6) is 11.5 Å². The van der Waals surface area contributed by atoms with Crippen molar-refractivity contribution in [3.05, 3.63) is 23.8 Å². The SMILES string of the molecule is CCOCCCNCc1ccc(OCC)c(OC)c1.Cl. The first-order valence-electron chi connectivity index (χ1n) is 6.90. The number of rotatable bonds is 10. The summed E-state index contributed by atoms with van der Waals surface area (Å²) in [4.78, 5) is 0. The average Bonchev–Trinajstić information content (AvgIpc) is 2.44. The van der Waals surface area contributed by atoms with Crippen LogP contribution in [0.3, 0.4) is 0 Å². The Morgan fingerprint density at radius 1 is 1.10 bits per heavy atom. The Morgan fingerprint density at radius 2 is 1.90 bits per heavy atom. The third-order valence-corrected chi connectivity index (χ3v) is 2.70. The molecule has 1 rings (SSSR count). The second-order valence-corrected chi connectivity index (χ2v) is 4.15. The quantitative estimate of drug-likeness (QED) is 0.675. The van der Waals surface area contributed by atoms with E-state index in [4.69, 9.17) is 14.2 Å². The van der Waals surface area contributed by atoms with Crippen molar-refractivity contribution in [2.75, 3.05) is 33.5 Å². The van der Waals surface area contributed by atoms with Gasteiger partial charge in [-0.1, -0.05) is 6.07 Å². The lowest BCUT2D eigenvalue weighted by Crippen LogP contribution is -2.16. The van der Waals surface area contributed by atoms with Gasteiger partial charge >= 0.3 is 0 Å². The zero-order valence-corrected chi connectivity index (χ0v) is 13.4. The number of ether oxygens (including phenoxy) is 3. The lowest BCUT2D eigenvalue weighted by molar-refractivity contribution is 0.144. The van der Waals surface area contributed by atoms with E-state index in [1.165, 1.54) is 5.56 Å². The van der Waals surface area contributed by atoms with E-state index in [2.05, 4.69) is 11.4 Å². The van der Waals surface area contributed by atoms with E-state index in [9.17, 15) is 0 Å². The highest BCUT2D eigenvalue weighted by atomic mass is 35.5. The van der Waals surface area contributed by atoms with Crippen molar-refractivity contribution in [1.82, 2.24) is 5.32 Å². The molecule has 116 valence electrons. The van der Waals surface area contributed by atoms with E-state index in [0.717, 1.165) is 44.2 Å². The van der Waals surface area contributed by atoms with Crippen molar-refractivity contribution < 1.29 is 14.2 Å². The van der Waals surface area contributed by atoms with Crippen LogP contribution in [0.2, 0.25) is 0 Å². The summed E-state index contributed by atoms with van der Waals surface area (Å²) in [5, 5.41) is 3.39. The predicted octanol–water partition coefficient (Wildman–Crippen LogP) is 3.03. The molecule has 0 bridgehead atoms. The molecule has 0 radical (unpaired) electrons. The fraction of sp³-hybridized carbons (Fsp3) is 0.600. The number of methoxy groups -OCH3 is 1. The van der Waals surface area contributed by atoms with Crippen LogP contribution in [-0.2, 0) is 11.3 Å². The van der Waals surface area contributed by atoms with E-state index in [0.29, 0.717) is 6.61 Å². The van der Waals surface area contributed by atoms with Gasteiger partial charge in [0.2, 0.25) is 0 Å². The van der Waals surface area contributed by atoms with Crippen LogP contribution < -0.4 is 14.8 Å². The zero-order valence-electron chi connectivity index (χ0n) is 12.6. The fourth-order valence-electron chi connectivity index (χ4n) is 1.77. The topological polar surface area (TPSA) is 39.7 Å². The minimum atomic E-state index is 0. The Bertz CT molecular complexity index is 361. The molecule has 0 fully saturated rings. The van der Waals surface area contributed by atoms with Gasteiger partial charge in [-0.05, 0) is 44.5 Å². The molecule has 1 aromatic rings. The van der Waals surface area contributed by atoms with Gasteiger partial charge in [-0.25, -0.2) is 0 Å². The van der Waals surface area contributed by atoms with Crippen molar-refractivity contribution in [2.45, 2.75) is 26.8 Å². The minimum Gasteiger partial charge on any atom is -0.493 e. The number of hydrogen-bond acceptors (Lipinski definition) is 4. The highest BCUT2D eigenvalue weighted by Gasteiger charge is 2.04. The van der Waals surface area contributed by atoms with Crippen molar-refractivity contribution in [3.8, 4) is 11.5 Å². The maximum Gasteiger partial charge on any atom is 0.161 e. The summed E-state index contributed by atoms with van der Waals surface area (Å²) in [6.45, 7) is 8.01. The number of nitrogens with one attached hydrogen (secondary N) is 1. The van der Waals surface area contributed by atoms with Crippen LogP contribution in [-0.4, -0.2) is 33.5 Å². The van der Waals surface area contributed by atoms with Crippen molar-refractivity contribution >= 4 is 12.4 Å². The highest BCUT2D eigenvalue weighted by Crippen LogP contribution is 2.27. The van der Waals surface area contributed by atoms with Crippen molar-refractivity contribution in [3.63, 3.8) is 0 Å². The molecule has 0 spiro atoms. The maximum atomic E-state index is 5.49. The number of halogens is 1. The number of benzene rings is 1. The van der Waals surface area contributed by atoms with E-state index in [-0.39, 0.29) is 12.4 Å². The van der Waals surface area contributed by atoms with Crippen LogP contribution in [0.4, 0.5) is 0 Å². The Morgan fingerprint density at radius 3 is 2.55 bits per heavy atom. The molecule has 1 N–H and O–H groups in total. The summed E-state index contributed by atoms with van der Waals surface area (Å²) in [5.74, 6) is 1.58. The second kappa shape index (κ2) is 11.8. The molecule has 0 aliphatic rings. The van der Waals surface area contributed by atoms with Gasteiger partial charge in [-0.2, -0.15) is 0 Å². The van der Waals surface area contributed by atoms with E-state index < -0.39 is 0 Å². The van der Waals surface area contributed by atoms with Gasteiger partial charge in [-0.3, -0.25) is 0 Å². The van der Waals surface area contributed by atoms with Crippen LogP contribution in [0, 0.1) is 0 Å². The third-order valence-electron chi connectivity index (χ3n) is 2.70. The Balaban J connectivity index is 0.00000361. The summed E-state index contributed by atoms with van der Waals surface area (Å²) in [7, 11) is 1.66. The average molecular weight is 304 g/mol. The molecule has 0 saturated carbocycles. The molecular formula is C15H26ClNO3. The predicted molar refractivity (Wildman–Crippen MR) is 84.2 cm³/mol. The van der Waals surface area contributed by atoms with Gasteiger partial charge in [0.05, 0.1) is 13.7 Å². The first kappa shape index (κ1) is 19.0. The molecular weight excluding hydrogens is 278 g/mol. The normalized spacial score (nSPS) is 9.95. The smallest absolute Gasteiger partial charge is 0.161 e. The van der Waals surface area contributed by atoms with Crippen molar-refractivity contribution in [1.29, 1.82) is 0 Å². The van der Waals surface area contributed by atoms with E-state index >= 15 is 0 Å². The first-order valence-corrected chi connectivity index (χ1v) is 6.90. The van der Waals surface area contributed by atoms with Crippen LogP contribution in [0.25, 0.3) is 0 Å². The van der Waals surface area contributed by atoms with Gasteiger partial charge < -0.3 is 19.5 Å². The molecule has 0 heterocycles. The summed E-state index contributed by atoms with van der Waals surface area (Å²) < 4.78 is 16.1. The molecule has 0 aliphatic heterocycles. The number of hydrogen-bond donors (Lipinski definition) is 1. The Labute approximate surface area is 128 Å². The lowest BCUT2D eigenvalue weighted by Gasteiger charge is -2.11. The maximum absolute atomic E-state index is 5.49. The summed E-state index contributed by atoms with van der Waals surface area (Å²) in [6, 6.07) is 6.03. The molecule has 4 nitrogen and oxygen atoms in total. The molecule has 5 heteroatoms. The zero-order chi connectivity index (χ0) is 13.9. The first-order chi connectivity index (χ1) is 9.31. The van der Waals surface area contributed by atoms with E-state index in [1.807, 2.05) is 26.0 Å². The van der Waals surface area contributed by atoms with Crippen LogP contribution in [0.15, 0.2) is 18.2 Å². The molecule has 1 aromatic carbocycles. The van der Waals surface area contributed by atoms with Gasteiger partial charge in [0.15, 0.2) is 11.5 Å². The van der Waals surface area contributed by atoms with Crippen molar-refractivity contribution in [2.24, 2.45) is 0 Å². The summed E-state index contributed by atoms with van der Waals surface area (Å²) >= 11 is 0. The fourth-order valence-corrected chi connectivity index (χ4v) is 1.77. The minimum absolute atomic E-state index is 0. The molecule has 0 unspecified atom stereocenters. The van der Waals surface area contributed by atoms with Crippen LogP contribution >= 0.6 is 12.4 Å². The second-order valence-electron chi connectivity index (χ2n) is 4.15. The molecule has 20 heavy (non-hydrogen) atoms. The highest BCUT2D eigenvalue weighted by molar-refractivity contribution is 5.85. The summed E-state index contributed by atoms with van der Waals surface area (Å²) in [6.07, 6.45) is 1.03. The molecule has 0 aliphatic carbocycles. The van der Waals surface area contributed by atoms with Crippen LogP contribution in [0.1, 0.15) is 25.8 Å².